The predicted octanol–water partition coefficient (Wildman–Crippen LogP) is 2.20. The van der Waals surface area contributed by atoms with Crippen molar-refractivity contribution in [3.8, 4) is 0 Å². The molecule has 1 atom stereocenters. The number of carbonyl (C=O) groups is 1. The van der Waals surface area contributed by atoms with Gasteiger partial charge in [0.1, 0.15) is 11.9 Å². The molecule has 0 heterocycles. The van der Waals surface area contributed by atoms with Crippen LogP contribution in [0.2, 0.25) is 0 Å². The number of nitrogens with one attached hydrogen (secondary N) is 1. The van der Waals surface area contributed by atoms with E-state index >= 15 is 0 Å². The molecule has 128 valence electrons. The molecule has 2 rings (SSSR count). The van der Waals surface area contributed by atoms with Crippen LogP contribution in [0.5, 0.6) is 0 Å². The van der Waals surface area contributed by atoms with Crippen LogP contribution < -0.4 is 4.72 Å². The van der Waals surface area contributed by atoms with E-state index in [0.717, 1.165) is 5.56 Å². The molecule has 0 aromatic heterocycles. The van der Waals surface area contributed by atoms with Gasteiger partial charge in [-0.25, -0.2) is 12.8 Å². The maximum Gasteiger partial charge on any atom is 0.324 e. The lowest BCUT2D eigenvalue weighted by Crippen LogP contribution is -2.43. The molecule has 0 aliphatic heterocycles. The van der Waals surface area contributed by atoms with Crippen molar-refractivity contribution in [2.75, 3.05) is 7.11 Å². The summed E-state index contributed by atoms with van der Waals surface area (Å²) in [5.41, 5.74) is 1.39. The van der Waals surface area contributed by atoms with E-state index < -0.39 is 27.9 Å². The lowest BCUT2D eigenvalue weighted by molar-refractivity contribution is -0.142. The minimum atomic E-state index is -3.89. The third-order valence-electron chi connectivity index (χ3n) is 3.44. The Kier molecular flexibility index (Phi) is 5.69. The quantitative estimate of drug-likeness (QED) is 0.810. The normalized spacial score (nSPS) is 12.6. The molecular weight excluding hydrogens is 333 g/mol. The summed E-state index contributed by atoms with van der Waals surface area (Å²) in [4.78, 5) is 12.0. The van der Waals surface area contributed by atoms with Gasteiger partial charge in [-0.05, 0) is 48.7 Å². The summed E-state index contributed by atoms with van der Waals surface area (Å²) in [7, 11) is -2.71. The third-order valence-corrected chi connectivity index (χ3v) is 4.91. The van der Waals surface area contributed by atoms with Gasteiger partial charge in [0.2, 0.25) is 10.0 Å². The summed E-state index contributed by atoms with van der Waals surface area (Å²) in [6.07, 6.45) is 0.0536. The zero-order chi connectivity index (χ0) is 17.7. The summed E-state index contributed by atoms with van der Waals surface area (Å²) in [5, 5.41) is 0. The lowest BCUT2D eigenvalue weighted by Gasteiger charge is -2.17. The van der Waals surface area contributed by atoms with Gasteiger partial charge in [0.15, 0.2) is 0 Å². The molecule has 0 saturated carbocycles. The van der Waals surface area contributed by atoms with Crippen molar-refractivity contribution in [2.45, 2.75) is 24.3 Å². The molecule has 2 aromatic carbocycles. The maximum absolute atomic E-state index is 13.0. The summed E-state index contributed by atoms with van der Waals surface area (Å²) < 4.78 is 45.0. The lowest BCUT2D eigenvalue weighted by atomic mass is 10.1. The number of benzene rings is 2. The molecular formula is C17H18FNO4S. The van der Waals surface area contributed by atoms with E-state index in [1.54, 1.807) is 19.1 Å². The average Bonchev–Trinajstić information content (AvgIpc) is 2.55. The van der Waals surface area contributed by atoms with Gasteiger partial charge in [0.05, 0.1) is 12.0 Å². The second kappa shape index (κ2) is 7.55. The Morgan fingerprint density at radius 1 is 1.21 bits per heavy atom. The Morgan fingerprint density at radius 2 is 1.88 bits per heavy atom. The van der Waals surface area contributed by atoms with E-state index in [9.17, 15) is 17.6 Å². The highest BCUT2D eigenvalue weighted by Gasteiger charge is 2.26. The van der Waals surface area contributed by atoms with Crippen molar-refractivity contribution in [2.24, 2.45) is 0 Å². The average molecular weight is 351 g/mol. The zero-order valence-electron chi connectivity index (χ0n) is 13.3. The Hall–Kier alpha value is -2.25. The second-order valence-electron chi connectivity index (χ2n) is 5.34. The van der Waals surface area contributed by atoms with E-state index in [4.69, 9.17) is 0 Å². The summed E-state index contributed by atoms with van der Waals surface area (Å²) in [6, 6.07) is 10.7. The number of hydrogen-bond acceptors (Lipinski definition) is 4. The van der Waals surface area contributed by atoms with Crippen LogP contribution in [0.3, 0.4) is 0 Å². The highest BCUT2D eigenvalue weighted by atomic mass is 32.2. The Balaban J connectivity index is 2.25. The minimum Gasteiger partial charge on any atom is -0.468 e. The Bertz CT molecular complexity index is 819. The molecule has 1 unspecified atom stereocenters. The van der Waals surface area contributed by atoms with Crippen molar-refractivity contribution < 1.29 is 22.3 Å². The molecule has 0 saturated heterocycles. The first-order valence-corrected chi connectivity index (χ1v) is 8.71. The third kappa shape index (κ3) is 4.62. The number of rotatable bonds is 6. The fraction of sp³-hybridized carbons (Fsp3) is 0.235. The monoisotopic (exact) mass is 351 g/mol. The van der Waals surface area contributed by atoms with Crippen LogP contribution in [0.25, 0.3) is 0 Å². The smallest absolute Gasteiger partial charge is 0.324 e. The molecule has 24 heavy (non-hydrogen) atoms. The van der Waals surface area contributed by atoms with Gasteiger partial charge in [0.25, 0.3) is 0 Å². The molecule has 0 aliphatic carbocycles. The van der Waals surface area contributed by atoms with Crippen molar-refractivity contribution in [3.05, 3.63) is 65.5 Å². The molecule has 7 heteroatoms. The van der Waals surface area contributed by atoms with Gasteiger partial charge in [0, 0.05) is 0 Å². The van der Waals surface area contributed by atoms with Gasteiger partial charge in [-0.1, -0.05) is 24.3 Å². The van der Waals surface area contributed by atoms with Crippen LogP contribution in [-0.2, 0) is 26.0 Å². The summed E-state index contributed by atoms with van der Waals surface area (Å²) in [5.74, 6) is -1.12. The first kappa shape index (κ1) is 18.1. The molecule has 0 fully saturated rings. The molecule has 0 spiro atoms. The van der Waals surface area contributed by atoms with E-state index in [-0.39, 0.29) is 11.3 Å². The number of halogens is 1. The van der Waals surface area contributed by atoms with Gasteiger partial charge < -0.3 is 4.74 Å². The van der Waals surface area contributed by atoms with E-state index in [2.05, 4.69) is 9.46 Å². The molecule has 5 nitrogen and oxygen atoms in total. The summed E-state index contributed by atoms with van der Waals surface area (Å²) in [6.45, 7) is 1.77. The minimum absolute atomic E-state index is 0.0536. The summed E-state index contributed by atoms with van der Waals surface area (Å²) >= 11 is 0. The first-order chi connectivity index (χ1) is 11.3. The number of ether oxygens (including phenoxy) is 1. The highest BCUT2D eigenvalue weighted by Crippen LogP contribution is 2.13. The zero-order valence-corrected chi connectivity index (χ0v) is 14.1. The second-order valence-corrected chi connectivity index (χ2v) is 7.06. The number of hydrogen-bond donors (Lipinski definition) is 1. The van der Waals surface area contributed by atoms with Crippen LogP contribution in [-0.4, -0.2) is 27.5 Å². The van der Waals surface area contributed by atoms with Gasteiger partial charge in [-0.15, -0.1) is 0 Å². The van der Waals surface area contributed by atoms with Crippen LogP contribution >= 0.6 is 0 Å². The highest BCUT2D eigenvalue weighted by molar-refractivity contribution is 7.89. The van der Waals surface area contributed by atoms with Crippen molar-refractivity contribution in [3.63, 3.8) is 0 Å². The van der Waals surface area contributed by atoms with Gasteiger partial charge >= 0.3 is 5.97 Å². The molecule has 0 amide bonds. The van der Waals surface area contributed by atoms with Crippen LogP contribution in [0.4, 0.5) is 4.39 Å². The number of aryl methyl sites for hydroxylation is 1. The standard InChI is InChI=1S/C17H18FNO4S/c1-12-4-3-5-15(10-12)24(21,22)19-16(17(20)23-2)11-13-6-8-14(18)9-7-13/h3-10,16,19H,11H2,1-2H3. The molecule has 2 aromatic rings. The predicted molar refractivity (Wildman–Crippen MR) is 87.4 cm³/mol. The van der Waals surface area contributed by atoms with Crippen LogP contribution in [0, 0.1) is 12.7 Å². The largest absolute Gasteiger partial charge is 0.468 e. The van der Waals surface area contributed by atoms with Crippen LogP contribution in [0.1, 0.15) is 11.1 Å². The molecule has 0 bridgehead atoms. The number of methoxy groups -OCH3 is 1. The number of carbonyl (C=O) groups excluding carboxylic acids is 1. The van der Waals surface area contributed by atoms with Crippen molar-refractivity contribution >= 4 is 16.0 Å². The Labute approximate surface area is 140 Å². The first-order valence-electron chi connectivity index (χ1n) is 7.23. The van der Waals surface area contributed by atoms with E-state index in [1.807, 2.05) is 0 Å². The van der Waals surface area contributed by atoms with Crippen molar-refractivity contribution in [1.82, 2.24) is 4.72 Å². The number of esters is 1. The molecule has 0 aliphatic rings. The van der Waals surface area contributed by atoms with E-state index in [0.29, 0.717) is 5.56 Å². The fourth-order valence-electron chi connectivity index (χ4n) is 2.21. The topological polar surface area (TPSA) is 72.5 Å². The molecule has 1 N–H and O–H groups in total. The number of sulfonamides is 1. The SMILES string of the molecule is COC(=O)C(Cc1ccc(F)cc1)NS(=O)(=O)c1cccc(C)c1. The Morgan fingerprint density at radius 3 is 2.46 bits per heavy atom. The van der Waals surface area contributed by atoms with E-state index in [1.165, 1.54) is 43.5 Å². The maximum atomic E-state index is 13.0. The van der Waals surface area contributed by atoms with Crippen LogP contribution in [0.15, 0.2) is 53.4 Å². The fourth-order valence-corrected chi connectivity index (χ4v) is 3.50. The molecule has 0 radical (unpaired) electrons. The van der Waals surface area contributed by atoms with Gasteiger partial charge in [-0.3, -0.25) is 4.79 Å². The van der Waals surface area contributed by atoms with Crippen molar-refractivity contribution in [1.29, 1.82) is 0 Å². The van der Waals surface area contributed by atoms with Gasteiger partial charge in [-0.2, -0.15) is 4.72 Å².